The number of benzene rings is 9. The fraction of sp³-hybridized carbons (Fsp3) is 0.167. The van der Waals surface area contributed by atoms with Crippen molar-refractivity contribution in [1.82, 2.24) is 4.57 Å². The lowest BCUT2D eigenvalue weighted by molar-refractivity contribution is 0.0193. The molecule has 0 saturated heterocycles. The summed E-state index contributed by atoms with van der Waals surface area (Å²) in [6.07, 6.45) is 11.0. The van der Waals surface area contributed by atoms with Crippen LogP contribution in [0.3, 0.4) is 0 Å². The third kappa shape index (κ3) is 9.52. The lowest BCUT2D eigenvalue weighted by atomic mass is 9.82. The van der Waals surface area contributed by atoms with Crippen LogP contribution in [-0.2, 0) is 21.3 Å². The van der Waals surface area contributed by atoms with Crippen molar-refractivity contribution >= 4 is 38.9 Å². The van der Waals surface area contributed by atoms with Crippen LogP contribution in [0.25, 0.3) is 60.9 Å². The maximum absolute atomic E-state index is 6.51. The van der Waals surface area contributed by atoms with Gasteiger partial charge in [0.1, 0.15) is 24.7 Å². The van der Waals surface area contributed by atoms with Gasteiger partial charge in [0.25, 0.3) is 0 Å². The van der Waals surface area contributed by atoms with Crippen molar-refractivity contribution in [2.75, 3.05) is 31.3 Å². The Hall–Kier alpha value is -8.68. The monoisotopic (exact) mass is 1020 g/mol. The number of aromatic nitrogens is 1. The number of anilines is 3. The van der Waals surface area contributed by atoms with E-state index in [1.54, 1.807) is 0 Å². The van der Waals surface area contributed by atoms with E-state index in [1.165, 1.54) is 49.9 Å². The highest BCUT2D eigenvalue weighted by Gasteiger charge is 2.36. The number of fused-ring (bicyclic) bond motifs is 7. The number of allylic oxidation sites excluding steroid dienone is 3. The Morgan fingerprint density at radius 3 is 1.92 bits per heavy atom. The van der Waals surface area contributed by atoms with Gasteiger partial charge in [-0.05, 0) is 123 Å². The van der Waals surface area contributed by atoms with E-state index in [9.17, 15) is 0 Å². The topological polar surface area (TPSA) is 45.1 Å². The summed E-state index contributed by atoms with van der Waals surface area (Å²) in [6, 6.07) is 74.6. The molecule has 3 aliphatic carbocycles. The maximum atomic E-state index is 6.51. The Morgan fingerprint density at radius 1 is 0.513 bits per heavy atom. The van der Waals surface area contributed by atoms with Crippen LogP contribution in [0, 0.1) is 0 Å². The van der Waals surface area contributed by atoms with Crippen molar-refractivity contribution in [3.8, 4) is 50.6 Å². The number of hydrogen-bond donors (Lipinski definition) is 0. The van der Waals surface area contributed by atoms with E-state index in [1.807, 2.05) is 12.1 Å². The van der Waals surface area contributed by atoms with Crippen LogP contribution in [0.1, 0.15) is 55.0 Å². The molecule has 0 bridgehead atoms. The highest BCUT2D eigenvalue weighted by Crippen LogP contribution is 2.51. The molecule has 0 N–H and O–H groups in total. The second-order valence-electron chi connectivity index (χ2n) is 21.3. The van der Waals surface area contributed by atoms with Crippen molar-refractivity contribution < 1.29 is 18.9 Å². The van der Waals surface area contributed by atoms with Crippen LogP contribution < -0.4 is 14.4 Å². The normalized spacial score (nSPS) is 16.8. The summed E-state index contributed by atoms with van der Waals surface area (Å²) < 4.78 is 28.0. The zero-order valence-electron chi connectivity index (χ0n) is 44.3. The van der Waals surface area contributed by atoms with E-state index in [0.29, 0.717) is 37.9 Å². The van der Waals surface area contributed by atoms with Crippen LogP contribution in [0.4, 0.5) is 17.1 Å². The molecular weight excluding hydrogens is 957 g/mol. The number of hydrogen-bond acceptors (Lipinski definition) is 5. The summed E-state index contributed by atoms with van der Waals surface area (Å²) in [5.41, 5.74) is 20.0. The first kappa shape index (κ1) is 48.9. The fourth-order valence-electron chi connectivity index (χ4n) is 12.0. The van der Waals surface area contributed by atoms with Crippen LogP contribution in [0.5, 0.6) is 11.5 Å². The van der Waals surface area contributed by atoms with E-state index in [-0.39, 0.29) is 17.6 Å². The highest BCUT2D eigenvalue weighted by atomic mass is 16.5. The third-order valence-corrected chi connectivity index (χ3v) is 16.0. The largest absolute Gasteiger partial charge is 0.491 e. The van der Waals surface area contributed by atoms with E-state index in [4.69, 9.17) is 18.9 Å². The maximum Gasteiger partial charge on any atom is 0.125 e. The molecule has 2 unspecified atom stereocenters. The zero-order chi connectivity index (χ0) is 52.6. The van der Waals surface area contributed by atoms with Crippen molar-refractivity contribution in [3.05, 3.63) is 265 Å². The second-order valence-corrected chi connectivity index (χ2v) is 21.3. The Morgan fingerprint density at radius 2 is 1.14 bits per heavy atom. The standard InChI is InChI=1S/C72H62N2O4/c1-49-16-6-4-9-20-59(42-49)75-38-39-76-60-45-58(46-61(48-60)77-40-41-78-71-44-54-19-10-11-21-62(54)71)74-69-25-15-13-23-65(69)66-43-53(30-37-70(66)74)52-28-33-56(34-29-52)73(55-31-26-51(27-32-55)50-17-7-5-8-18-50)57-35-36-64-63-22-12-14-24-67(63)72(2,3)68(64)47-57/h4-19,21-37,43,45-48,59,71H,1,20,38-42,44H2,2-3H3/b9-4-,16-6-. The lowest BCUT2D eigenvalue weighted by Gasteiger charge is -2.29. The van der Waals surface area contributed by atoms with Crippen molar-refractivity contribution in [2.24, 2.45) is 0 Å². The number of rotatable bonds is 16. The summed E-state index contributed by atoms with van der Waals surface area (Å²) in [5.74, 6) is 1.43. The summed E-state index contributed by atoms with van der Waals surface area (Å²) in [6.45, 7) is 10.6. The van der Waals surface area contributed by atoms with Crippen molar-refractivity contribution in [2.45, 2.75) is 50.7 Å². The van der Waals surface area contributed by atoms with Gasteiger partial charge < -0.3 is 28.4 Å². The van der Waals surface area contributed by atoms with Gasteiger partial charge >= 0.3 is 0 Å². The fourth-order valence-corrected chi connectivity index (χ4v) is 12.0. The predicted molar refractivity (Wildman–Crippen MR) is 320 cm³/mol. The molecule has 3 aliphatic rings. The number of para-hydroxylation sites is 1. The summed E-state index contributed by atoms with van der Waals surface area (Å²) in [4.78, 5) is 2.39. The van der Waals surface area contributed by atoms with Gasteiger partial charge in [0.2, 0.25) is 0 Å². The molecule has 0 aliphatic heterocycles. The molecule has 78 heavy (non-hydrogen) atoms. The first-order valence-corrected chi connectivity index (χ1v) is 27.4. The predicted octanol–water partition coefficient (Wildman–Crippen LogP) is 17.8. The van der Waals surface area contributed by atoms with Crippen LogP contribution in [0.15, 0.2) is 243 Å². The molecule has 13 rings (SSSR count). The van der Waals surface area contributed by atoms with Gasteiger partial charge in [0.05, 0.1) is 42.1 Å². The molecule has 6 heteroatoms. The molecular formula is C72H62N2O4. The molecule has 0 spiro atoms. The Balaban J connectivity index is 0.810. The highest BCUT2D eigenvalue weighted by molar-refractivity contribution is 6.10. The Labute approximate surface area is 457 Å². The molecule has 6 nitrogen and oxygen atoms in total. The van der Waals surface area contributed by atoms with E-state index < -0.39 is 0 Å². The molecule has 0 saturated carbocycles. The molecule has 0 radical (unpaired) electrons. The van der Waals surface area contributed by atoms with E-state index in [2.05, 4.69) is 248 Å². The Kier molecular flexibility index (Phi) is 13.2. The van der Waals surface area contributed by atoms with Gasteiger partial charge in [-0.25, -0.2) is 0 Å². The average molecular weight is 1020 g/mol. The lowest BCUT2D eigenvalue weighted by Crippen LogP contribution is -2.22. The van der Waals surface area contributed by atoms with Gasteiger partial charge in [-0.3, -0.25) is 0 Å². The Bertz CT molecular complexity index is 3900. The first-order valence-electron chi connectivity index (χ1n) is 27.4. The second kappa shape index (κ2) is 21.0. The quantitative estimate of drug-likeness (QED) is 0.0903. The van der Waals surface area contributed by atoms with Crippen molar-refractivity contribution in [1.29, 1.82) is 0 Å². The molecule has 0 amide bonds. The minimum atomic E-state index is -0.127. The molecule has 1 aromatic heterocycles. The molecule has 2 atom stereocenters. The van der Waals surface area contributed by atoms with E-state index in [0.717, 1.165) is 75.1 Å². The zero-order valence-corrected chi connectivity index (χ0v) is 44.3. The van der Waals surface area contributed by atoms with Crippen LogP contribution >= 0.6 is 0 Å². The summed E-state index contributed by atoms with van der Waals surface area (Å²) in [7, 11) is 0. The SMILES string of the molecule is C=C1/C=C\C=C/CC(OCCOc2cc(OCCOC3Cc4ccccc43)cc(-n3c4ccccc4c4cc(-c5ccc(N(c6ccc(-c7ccccc7)cc6)c6ccc7c(c6)C(C)(C)c6ccccc6-7)cc5)ccc43)c2)C1. The number of ether oxygens (including phenoxy) is 4. The van der Waals surface area contributed by atoms with Gasteiger partial charge in [-0.15, -0.1) is 0 Å². The smallest absolute Gasteiger partial charge is 0.125 e. The minimum Gasteiger partial charge on any atom is -0.491 e. The third-order valence-electron chi connectivity index (χ3n) is 16.0. The van der Waals surface area contributed by atoms with E-state index >= 15 is 0 Å². The van der Waals surface area contributed by atoms with Gasteiger partial charge in [-0.2, -0.15) is 0 Å². The van der Waals surface area contributed by atoms with Gasteiger partial charge in [0, 0.05) is 57.9 Å². The molecule has 0 fully saturated rings. The molecule has 10 aromatic rings. The molecule has 1 heterocycles. The average Bonchev–Trinajstić information content (AvgIpc) is 4.15. The van der Waals surface area contributed by atoms with Gasteiger partial charge in [0.15, 0.2) is 0 Å². The van der Waals surface area contributed by atoms with Crippen LogP contribution in [-0.4, -0.2) is 37.1 Å². The van der Waals surface area contributed by atoms with Crippen LogP contribution in [0.2, 0.25) is 0 Å². The van der Waals surface area contributed by atoms with Crippen molar-refractivity contribution in [3.63, 3.8) is 0 Å². The molecule has 9 aromatic carbocycles. The first-order chi connectivity index (χ1) is 38.3. The number of nitrogens with zero attached hydrogens (tertiary/aromatic N) is 2. The minimum absolute atomic E-state index is 0.0518. The molecule has 384 valence electrons. The summed E-state index contributed by atoms with van der Waals surface area (Å²) in [5, 5.41) is 2.33. The van der Waals surface area contributed by atoms with Gasteiger partial charge in [-0.1, -0.05) is 184 Å². The summed E-state index contributed by atoms with van der Waals surface area (Å²) >= 11 is 0.